The van der Waals surface area contributed by atoms with Gasteiger partial charge in [-0.3, -0.25) is 0 Å². The average molecular weight is 441 g/mol. The SMILES string of the molecule is CC(C)(C)OC(=O)NCCCc1ccc(CCCCNC(=O)OCc2ccccc2)cc1. The van der Waals surface area contributed by atoms with E-state index in [-0.39, 0.29) is 18.8 Å². The summed E-state index contributed by atoms with van der Waals surface area (Å²) in [6.07, 6.45) is 3.90. The molecular weight excluding hydrogens is 404 g/mol. The van der Waals surface area contributed by atoms with Crippen molar-refractivity contribution in [1.82, 2.24) is 10.6 Å². The zero-order valence-corrected chi connectivity index (χ0v) is 19.5. The lowest BCUT2D eigenvalue weighted by Gasteiger charge is -2.19. The predicted molar refractivity (Wildman–Crippen MR) is 127 cm³/mol. The van der Waals surface area contributed by atoms with Crippen LogP contribution in [0.25, 0.3) is 0 Å². The van der Waals surface area contributed by atoms with E-state index in [4.69, 9.17) is 9.47 Å². The third kappa shape index (κ3) is 11.4. The number of rotatable bonds is 11. The van der Waals surface area contributed by atoms with Crippen molar-refractivity contribution in [3.05, 3.63) is 71.3 Å². The van der Waals surface area contributed by atoms with E-state index in [1.165, 1.54) is 11.1 Å². The second kappa shape index (κ2) is 13.4. The molecule has 0 saturated heterocycles. The molecule has 0 bridgehead atoms. The molecule has 2 aromatic rings. The molecule has 6 nitrogen and oxygen atoms in total. The number of carbonyl (C=O) groups is 2. The van der Waals surface area contributed by atoms with E-state index in [0.29, 0.717) is 13.1 Å². The van der Waals surface area contributed by atoms with Crippen molar-refractivity contribution in [2.24, 2.45) is 0 Å². The summed E-state index contributed by atoms with van der Waals surface area (Å²) >= 11 is 0. The summed E-state index contributed by atoms with van der Waals surface area (Å²) in [5, 5.41) is 5.58. The maximum atomic E-state index is 11.7. The Labute approximate surface area is 191 Å². The van der Waals surface area contributed by atoms with Gasteiger partial charge in [-0.05, 0) is 69.6 Å². The number of alkyl carbamates (subject to hydrolysis) is 2. The summed E-state index contributed by atoms with van der Waals surface area (Å²) in [6.45, 7) is 7.05. The minimum atomic E-state index is -0.471. The number of ether oxygens (including phenoxy) is 2. The highest BCUT2D eigenvalue weighted by Gasteiger charge is 2.15. The van der Waals surface area contributed by atoms with Gasteiger partial charge in [0.25, 0.3) is 0 Å². The zero-order valence-electron chi connectivity index (χ0n) is 19.5. The number of hydrogen-bond acceptors (Lipinski definition) is 4. The normalized spacial score (nSPS) is 11.0. The van der Waals surface area contributed by atoms with Gasteiger partial charge in [-0.2, -0.15) is 0 Å². The molecule has 0 saturated carbocycles. The predicted octanol–water partition coefficient (Wildman–Crippen LogP) is 5.39. The smallest absolute Gasteiger partial charge is 0.407 e. The van der Waals surface area contributed by atoms with E-state index < -0.39 is 5.60 Å². The molecule has 32 heavy (non-hydrogen) atoms. The van der Waals surface area contributed by atoms with Gasteiger partial charge >= 0.3 is 12.2 Å². The molecule has 0 unspecified atom stereocenters. The summed E-state index contributed by atoms with van der Waals surface area (Å²) in [6, 6.07) is 18.2. The van der Waals surface area contributed by atoms with Gasteiger partial charge in [0.15, 0.2) is 0 Å². The molecule has 0 fully saturated rings. The van der Waals surface area contributed by atoms with Gasteiger partial charge < -0.3 is 20.1 Å². The molecule has 174 valence electrons. The largest absolute Gasteiger partial charge is 0.445 e. The van der Waals surface area contributed by atoms with E-state index in [9.17, 15) is 9.59 Å². The maximum absolute atomic E-state index is 11.7. The van der Waals surface area contributed by atoms with Crippen LogP contribution >= 0.6 is 0 Å². The fourth-order valence-electron chi connectivity index (χ4n) is 3.09. The van der Waals surface area contributed by atoms with Gasteiger partial charge in [0, 0.05) is 13.1 Å². The third-order valence-electron chi connectivity index (χ3n) is 4.71. The first-order chi connectivity index (χ1) is 15.3. The summed E-state index contributed by atoms with van der Waals surface area (Å²) in [5.41, 5.74) is 3.04. The summed E-state index contributed by atoms with van der Waals surface area (Å²) in [4.78, 5) is 23.4. The molecule has 0 aliphatic rings. The third-order valence-corrected chi connectivity index (χ3v) is 4.71. The van der Waals surface area contributed by atoms with Crippen LogP contribution in [0.3, 0.4) is 0 Å². The number of aryl methyl sites for hydroxylation is 2. The van der Waals surface area contributed by atoms with Gasteiger partial charge in [-0.25, -0.2) is 9.59 Å². The number of benzene rings is 2. The molecule has 0 aromatic heterocycles. The highest BCUT2D eigenvalue weighted by molar-refractivity contribution is 5.67. The average Bonchev–Trinajstić information content (AvgIpc) is 2.75. The molecule has 2 rings (SSSR count). The second-order valence-electron chi connectivity index (χ2n) is 8.79. The number of carbonyl (C=O) groups excluding carboxylic acids is 2. The zero-order chi connectivity index (χ0) is 23.2. The lowest BCUT2D eigenvalue weighted by atomic mass is 10.0. The quantitative estimate of drug-likeness (QED) is 0.459. The maximum Gasteiger partial charge on any atom is 0.407 e. The molecule has 0 spiro atoms. The Morgan fingerprint density at radius 2 is 1.28 bits per heavy atom. The summed E-state index contributed by atoms with van der Waals surface area (Å²) in [5.74, 6) is 0. The minimum Gasteiger partial charge on any atom is -0.445 e. The van der Waals surface area contributed by atoms with Crippen molar-refractivity contribution in [2.45, 2.75) is 65.1 Å². The van der Waals surface area contributed by atoms with E-state index in [2.05, 4.69) is 34.9 Å². The Kier molecular flexibility index (Phi) is 10.6. The molecule has 0 heterocycles. The van der Waals surface area contributed by atoms with Crippen molar-refractivity contribution < 1.29 is 19.1 Å². The van der Waals surface area contributed by atoms with Gasteiger partial charge in [0.1, 0.15) is 12.2 Å². The van der Waals surface area contributed by atoms with E-state index in [0.717, 1.165) is 37.7 Å². The molecule has 0 aliphatic heterocycles. The first kappa shape index (κ1) is 25.2. The van der Waals surface area contributed by atoms with Crippen LogP contribution < -0.4 is 10.6 Å². The Bertz CT molecular complexity index is 814. The van der Waals surface area contributed by atoms with Crippen LogP contribution in [0.2, 0.25) is 0 Å². The monoisotopic (exact) mass is 440 g/mol. The number of nitrogens with one attached hydrogen (secondary N) is 2. The molecule has 0 atom stereocenters. The van der Waals surface area contributed by atoms with Crippen molar-refractivity contribution in [2.75, 3.05) is 13.1 Å². The lowest BCUT2D eigenvalue weighted by Crippen LogP contribution is -2.33. The van der Waals surface area contributed by atoms with Gasteiger partial charge in [-0.1, -0.05) is 54.6 Å². The van der Waals surface area contributed by atoms with Crippen LogP contribution in [0.5, 0.6) is 0 Å². The Morgan fingerprint density at radius 1 is 0.719 bits per heavy atom. The van der Waals surface area contributed by atoms with Crippen LogP contribution in [-0.2, 0) is 28.9 Å². The lowest BCUT2D eigenvalue weighted by molar-refractivity contribution is 0.0527. The van der Waals surface area contributed by atoms with Crippen molar-refractivity contribution in [3.63, 3.8) is 0 Å². The Balaban J connectivity index is 1.52. The second-order valence-corrected chi connectivity index (χ2v) is 8.79. The molecule has 2 N–H and O–H groups in total. The fraction of sp³-hybridized carbons (Fsp3) is 0.462. The highest BCUT2D eigenvalue weighted by atomic mass is 16.6. The molecule has 6 heteroatoms. The topological polar surface area (TPSA) is 76.7 Å². The molecule has 2 aromatic carbocycles. The van der Waals surface area contributed by atoms with Crippen molar-refractivity contribution in [1.29, 1.82) is 0 Å². The molecular formula is C26H36N2O4. The standard InChI is InChI=1S/C26H36N2O4/c1-26(2,3)32-25(30)28-19-9-13-22-16-14-21(15-17-22)10-7-8-18-27-24(29)31-20-23-11-5-4-6-12-23/h4-6,11-12,14-17H,7-10,13,18-20H2,1-3H3,(H,27,29)(H,28,30). The highest BCUT2D eigenvalue weighted by Crippen LogP contribution is 2.10. The van der Waals surface area contributed by atoms with Crippen LogP contribution in [0, 0.1) is 0 Å². The van der Waals surface area contributed by atoms with Crippen molar-refractivity contribution in [3.8, 4) is 0 Å². The number of amides is 2. The Hall–Kier alpha value is -3.02. The van der Waals surface area contributed by atoms with Crippen LogP contribution in [0.15, 0.2) is 54.6 Å². The summed E-state index contributed by atoms with van der Waals surface area (Å²) in [7, 11) is 0. The first-order valence-corrected chi connectivity index (χ1v) is 11.3. The Morgan fingerprint density at radius 3 is 1.91 bits per heavy atom. The van der Waals surface area contributed by atoms with Crippen LogP contribution in [-0.4, -0.2) is 30.9 Å². The van der Waals surface area contributed by atoms with E-state index in [1.807, 2.05) is 51.1 Å². The van der Waals surface area contributed by atoms with E-state index >= 15 is 0 Å². The van der Waals surface area contributed by atoms with E-state index in [1.54, 1.807) is 0 Å². The van der Waals surface area contributed by atoms with Gasteiger partial charge in [-0.15, -0.1) is 0 Å². The fourth-order valence-corrected chi connectivity index (χ4v) is 3.09. The molecule has 2 amide bonds. The number of unbranched alkanes of at least 4 members (excludes halogenated alkanes) is 1. The van der Waals surface area contributed by atoms with Gasteiger partial charge in [0.05, 0.1) is 0 Å². The van der Waals surface area contributed by atoms with Crippen LogP contribution in [0.1, 0.15) is 56.7 Å². The molecule has 0 radical (unpaired) electrons. The first-order valence-electron chi connectivity index (χ1n) is 11.3. The number of hydrogen-bond donors (Lipinski definition) is 2. The van der Waals surface area contributed by atoms with Crippen LogP contribution in [0.4, 0.5) is 9.59 Å². The van der Waals surface area contributed by atoms with Gasteiger partial charge in [0.2, 0.25) is 0 Å². The molecule has 0 aliphatic carbocycles. The van der Waals surface area contributed by atoms with Crippen molar-refractivity contribution >= 4 is 12.2 Å². The summed E-state index contributed by atoms with van der Waals surface area (Å²) < 4.78 is 10.4. The minimum absolute atomic E-state index is 0.288.